The summed E-state index contributed by atoms with van der Waals surface area (Å²) in [5.74, 6) is 1.55. The van der Waals surface area contributed by atoms with E-state index in [0.29, 0.717) is 49.2 Å². The molecule has 1 saturated heterocycles. The minimum absolute atomic E-state index is 0.00599. The average Bonchev–Trinajstić information content (AvgIpc) is 2.61. The Morgan fingerprint density at radius 2 is 2.16 bits per heavy atom. The molecule has 2 heterocycles. The Morgan fingerprint density at radius 3 is 2.84 bits per heavy atom. The van der Waals surface area contributed by atoms with Gasteiger partial charge in [0.2, 0.25) is 0 Å². The minimum atomic E-state index is 0.00599. The van der Waals surface area contributed by atoms with Gasteiger partial charge in [-0.25, -0.2) is 0 Å². The van der Waals surface area contributed by atoms with E-state index in [1.165, 1.54) is 5.56 Å². The van der Waals surface area contributed by atoms with Gasteiger partial charge in [-0.1, -0.05) is 6.07 Å². The van der Waals surface area contributed by atoms with E-state index in [2.05, 4.69) is 11.1 Å². The first-order valence-electron chi connectivity index (χ1n) is 8.43. The number of carbonyl (C=O) groups is 1. The molecule has 0 radical (unpaired) electrons. The van der Waals surface area contributed by atoms with E-state index in [1.54, 1.807) is 31.5 Å². The topological polar surface area (TPSA) is 77.7 Å². The zero-order valence-corrected chi connectivity index (χ0v) is 14.4. The molecule has 6 nitrogen and oxygen atoms in total. The van der Waals surface area contributed by atoms with Gasteiger partial charge in [0.05, 0.1) is 13.7 Å². The van der Waals surface area contributed by atoms with Gasteiger partial charge >= 0.3 is 0 Å². The monoisotopic (exact) mass is 341 g/mol. The van der Waals surface area contributed by atoms with Crippen LogP contribution >= 0.6 is 0 Å². The van der Waals surface area contributed by atoms with E-state index >= 15 is 0 Å². The van der Waals surface area contributed by atoms with Crippen LogP contribution in [0.1, 0.15) is 28.3 Å². The van der Waals surface area contributed by atoms with Crippen molar-refractivity contribution in [2.75, 3.05) is 33.4 Å². The van der Waals surface area contributed by atoms with Crippen molar-refractivity contribution < 1.29 is 14.3 Å². The van der Waals surface area contributed by atoms with Crippen molar-refractivity contribution in [3.05, 3.63) is 53.9 Å². The summed E-state index contributed by atoms with van der Waals surface area (Å²) in [6, 6.07) is 9.26. The van der Waals surface area contributed by atoms with Gasteiger partial charge in [0.1, 0.15) is 0 Å². The summed E-state index contributed by atoms with van der Waals surface area (Å²) in [7, 11) is 1.58. The second kappa shape index (κ2) is 7.98. The Labute approximate surface area is 147 Å². The maximum absolute atomic E-state index is 12.7. The van der Waals surface area contributed by atoms with Crippen molar-refractivity contribution in [1.29, 1.82) is 0 Å². The van der Waals surface area contributed by atoms with Crippen molar-refractivity contribution in [3.8, 4) is 11.5 Å². The number of carbonyl (C=O) groups excluding carboxylic acids is 1. The lowest BCUT2D eigenvalue weighted by Gasteiger charge is -2.39. The van der Waals surface area contributed by atoms with Crippen LogP contribution in [0, 0.1) is 0 Å². The van der Waals surface area contributed by atoms with Crippen LogP contribution < -0.4 is 15.2 Å². The number of ether oxygens (including phenoxy) is 2. The van der Waals surface area contributed by atoms with Crippen LogP contribution in [0.15, 0.2) is 42.7 Å². The first kappa shape index (κ1) is 17.2. The van der Waals surface area contributed by atoms with Gasteiger partial charge in [0.15, 0.2) is 11.5 Å². The molecule has 2 aromatic rings. The third-order valence-corrected chi connectivity index (χ3v) is 4.34. The quantitative estimate of drug-likeness (QED) is 0.780. The summed E-state index contributed by atoms with van der Waals surface area (Å²) in [5, 5.41) is 0. The molecular formula is C19H23N3O3. The summed E-state index contributed by atoms with van der Waals surface area (Å²) in [6.45, 7) is 2.47. The van der Waals surface area contributed by atoms with Gasteiger partial charge in [-0.05, 0) is 42.8 Å². The van der Waals surface area contributed by atoms with Crippen molar-refractivity contribution in [1.82, 2.24) is 9.88 Å². The van der Waals surface area contributed by atoms with Crippen LogP contribution in [0.5, 0.6) is 11.5 Å². The highest BCUT2D eigenvalue weighted by Gasteiger charge is 2.32. The van der Waals surface area contributed by atoms with Crippen LogP contribution in [0.4, 0.5) is 0 Å². The van der Waals surface area contributed by atoms with E-state index in [-0.39, 0.29) is 5.91 Å². The SMILES string of the molecule is COc1ccc(C(=O)N2CC(c3cccnc3)C2)cc1OCCCN. The van der Waals surface area contributed by atoms with Gasteiger partial charge in [-0.2, -0.15) is 0 Å². The molecule has 0 aliphatic carbocycles. The molecule has 1 aromatic heterocycles. The number of methoxy groups -OCH3 is 1. The van der Waals surface area contributed by atoms with Crippen LogP contribution in [0.2, 0.25) is 0 Å². The first-order chi connectivity index (χ1) is 12.2. The molecule has 0 unspecified atom stereocenters. The third-order valence-electron chi connectivity index (χ3n) is 4.34. The smallest absolute Gasteiger partial charge is 0.254 e. The van der Waals surface area contributed by atoms with Crippen LogP contribution in [0.25, 0.3) is 0 Å². The highest BCUT2D eigenvalue weighted by Crippen LogP contribution is 2.31. The number of likely N-dealkylation sites (tertiary alicyclic amines) is 1. The van der Waals surface area contributed by atoms with Gasteiger partial charge in [-0.3, -0.25) is 9.78 Å². The molecule has 25 heavy (non-hydrogen) atoms. The molecule has 1 aliphatic rings. The number of benzene rings is 1. The predicted octanol–water partition coefficient (Wildman–Crippen LogP) is 2.06. The van der Waals surface area contributed by atoms with E-state index in [9.17, 15) is 4.79 Å². The lowest BCUT2D eigenvalue weighted by atomic mass is 9.92. The fraction of sp³-hybridized carbons (Fsp3) is 0.368. The molecule has 0 atom stereocenters. The lowest BCUT2D eigenvalue weighted by Crippen LogP contribution is -2.48. The number of nitrogens with two attached hydrogens (primary N) is 1. The fourth-order valence-corrected chi connectivity index (χ4v) is 2.84. The van der Waals surface area contributed by atoms with Gasteiger partial charge < -0.3 is 20.1 Å². The predicted molar refractivity (Wildman–Crippen MR) is 95.0 cm³/mol. The second-order valence-corrected chi connectivity index (χ2v) is 6.05. The summed E-state index contributed by atoms with van der Waals surface area (Å²) < 4.78 is 11.0. The van der Waals surface area contributed by atoms with E-state index in [0.717, 1.165) is 6.42 Å². The number of hydrogen-bond acceptors (Lipinski definition) is 5. The summed E-state index contributed by atoms with van der Waals surface area (Å²) in [6.07, 6.45) is 4.37. The molecule has 132 valence electrons. The summed E-state index contributed by atoms with van der Waals surface area (Å²) in [5.41, 5.74) is 7.27. The third kappa shape index (κ3) is 3.91. The highest BCUT2D eigenvalue weighted by molar-refractivity contribution is 5.95. The van der Waals surface area contributed by atoms with Crippen molar-refractivity contribution >= 4 is 5.91 Å². The van der Waals surface area contributed by atoms with Crippen molar-refractivity contribution in [2.24, 2.45) is 5.73 Å². The van der Waals surface area contributed by atoms with Gasteiger partial charge in [0.25, 0.3) is 5.91 Å². The Kier molecular flexibility index (Phi) is 5.50. The van der Waals surface area contributed by atoms with E-state index in [4.69, 9.17) is 15.2 Å². The minimum Gasteiger partial charge on any atom is -0.493 e. The molecule has 2 N–H and O–H groups in total. The second-order valence-electron chi connectivity index (χ2n) is 6.05. The normalized spacial score (nSPS) is 14.1. The molecule has 1 amide bonds. The number of aromatic nitrogens is 1. The Hall–Kier alpha value is -2.60. The number of nitrogens with zero attached hydrogens (tertiary/aromatic N) is 2. The maximum Gasteiger partial charge on any atom is 0.254 e. The standard InChI is InChI=1S/C19H23N3O3/c1-24-17-6-5-14(10-18(17)25-9-3-7-20)19(23)22-12-16(13-22)15-4-2-8-21-11-15/h2,4-6,8,10-11,16H,3,7,9,12-13,20H2,1H3. The number of hydrogen-bond donors (Lipinski definition) is 1. The Morgan fingerprint density at radius 1 is 1.32 bits per heavy atom. The van der Waals surface area contributed by atoms with Gasteiger partial charge in [0, 0.05) is 37.0 Å². The maximum atomic E-state index is 12.7. The number of rotatable bonds is 7. The zero-order chi connectivity index (χ0) is 17.6. The largest absolute Gasteiger partial charge is 0.493 e. The van der Waals surface area contributed by atoms with Crippen LogP contribution in [-0.4, -0.2) is 49.1 Å². The fourth-order valence-electron chi connectivity index (χ4n) is 2.84. The molecule has 0 bridgehead atoms. The number of pyridine rings is 1. The molecule has 1 aromatic carbocycles. The van der Waals surface area contributed by atoms with Crippen molar-refractivity contribution in [2.45, 2.75) is 12.3 Å². The highest BCUT2D eigenvalue weighted by atomic mass is 16.5. The van der Waals surface area contributed by atoms with E-state index < -0.39 is 0 Å². The van der Waals surface area contributed by atoms with Crippen LogP contribution in [-0.2, 0) is 0 Å². The first-order valence-corrected chi connectivity index (χ1v) is 8.43. The lowest BCUT2D eigenvalue weighted by molar-refractivity contribution is 0.0601. The molecule has 0 saturated carbocycles. The number of amides is 1. The average molecular weight is 341 g/mol. The molecule has 6 heteroatoms. The molecule has 1 aliphatic heterocycles. The zero-order valence-electron chi connectivity index (χ0n) is 14.4. The molecule has 3 rings (SSSR count). The van der Waals surface area contributed by atoms with Crippen molar-refractivity contribution in [3.63, 3.8) is 0 Å². The summed E-state index contributed by atoms with van der Waals surface area (Å²) >= 11 is 0. The van der Waals surface area contributed by atoms with Crippen LogP contribution in [0.3, 0.4) is 0 Å². The molecule has 0 spiro atoms. The Balaban J connectivity index is 1.65. The molecular weight excluding hydrogens is 318 g/mol. The van der Waals surface area contributed by atoms with Gasteiger partial charge in [-0.15, -0.1) is 0 Å². The molecule has 1 fully saturated rings. The van der Waals surface area contributed by atoms with E-state index in [1.807, 2.05) is 17.2 Å². The Bertz CT molecular complexity index is 715. The summed E-state index contributed by atoms with van der Waals surface area (Å²) in [4.78, 5) is 18.7.